The number of benzene rings is 3. The van der Waals surface area contributed by atoms with Crippen LogP contribution in [-0.2, 0) is 0 Å². The maximum atomic E-state index is 4.30. The fourth-order valence-corrected chi connectivity index (χ4v) is 3.47. The number of nitrogens with one attached hydrogen (secondary N) is 1. The average molecular weight is 339 g/mol. The van der Waals surface area contributed by atoms with Gasteiger partial charge in [0, 0.05) is 22.7 Å². The first kappa shape index (κ1) is 14.8. The van der Waals surface area contributed by atoms with Gasteiger partial charge in [-0.15, -0.1) is 5.10 Å². The highest BCUT2D eigenvalue weighted by Gasteiger charge is 2.16. The molecular formula is C21H17N5. The summed E-state index contributed by atoms with van der Waals surface area (Å²) in [6.07, 6.45) is 1.99. The van der Waals surface area contributed by atoms with Gasteiger partial charge < -0.3 is 4.98 Å². The quantitative estimate of drug-likeness (QED) is 0.512. The Hall–Kier alpha value is -3.47. The van der Waals surface area contributed by atoms with Gasteiger partial charge in [-0.3, -0.25) is 0 Å². The van der Waals surface area contributed by atoms with Gasteiger partial charge in [-0.25, -0.2) is 0 Å². The summed E-state index contributed by atoms with van der Waals surface area (Å²) >= 11 is 0. The van der Waals surface area contributed by atoms with Crippen molar-refractivity contribution in [1.82, 2.24) is 25.2 Å². The van der Waals surface area contributed by atoms with Gasteiger partial charge in [0.1, 0.15) is 0 Å². The van der Waals surface area contributed by atoms with E-state index in [2.05, 4.69) is 70.8 Å². The van der Waals surface area contributed by atoms with E-state index in [0.717, 1.165) is 33.4 Å². The first-order valence-corrected chi connectivity index (χ1v) is 8.57. The number of aromatic nitrogens is 5. The van der Waals surface area contributed by atoms with E-state index in [-0.39, 0.29) is 0 Å². The van der Waals surface area contributed by atoms with Gasteiger partial charge in [-0.05, 0) is 58.3 Å². The van der Waals surface area contributed by atoms with E-state index in [1.54, 1.807) is 4.68 Å². The van der Waals surface area contributed by atoms with E-state index in [9.17, 15) is 0 Å². The normalized spacial score (nSPS) is 11.5. The molecule has 5 rings (SSSR count). The number of hydrogen-bond acceptors (Lipinski definition) is 3. The highest BCUT2D eigenvalue weighted by molar-refractivity contribution is 5.96. The third-order valence-corrected chi connectivity index (χ3v) is 5.07. The Labute approximate surface area is 150 Å². The molecule has 5 heteroatoms. The van der Waals surface area contributed by atoms with Crippen molar-refractivity contribution < 1.29 is 0 Å². The lowest BCUT2D eigenvalue weighted by Crippen LogP contribution is -1.99. The smallest absolute Gasteiger partial charge is 0.189 e. The highest BCUT2D eigenvalue weighted by atomic mass is 15.5. The molecule has 1 N–H and O–H groups in total. The molecule has 5 aromatic rings. The largest absolute Gasteiger partial charge is 0.360 e. The van der Waals surface area contributed by atoms with Crippen LogP contribution in [0.15, 0.2) is 60.8 Å². The Bertz CT molecular complexity index is 1260. The second kappa shape index (κ2) is 5.52. The molecule has 3 aromatic carbocycles. The van der Waals surface area contributed by atoms with Crippen LogP contribution in [0, 0.1) is 13.8 Å². The second-order valence-electron chi connectivity index (χ2n) is 6.58. The predicted octanol–water partition coefficient (Wildman–Crippen LogP) is 4.58. The Morgan fingerprint density at radius 3 is 2.65 bits per heavy atom. The molecule has 0 bridgehead atoms. The van der Waals surface area contributed by atoms with Gasteiger partial charge >= 0.3 is 0 Å². The molecule has 26 heavy (non-hydrogen) atoms. The molecule has 0 aliphatic heterocycles. The van der Waals surface area contributed by atoms with Gasteiger partial charge in [0.15, 0.2) is 5.82 Å². The summed E-state index contributed by atoms with van der Waals surface area (Å²) in [7, 11) is 0. The summed E-state index contributed by atoms with van der Waals surface area (Å²) in [5.41, 5.74) is 5.59. The van der Waals surface area contributed by atoms with E-state index >= 15 is 0 Å². The molecule has 2 aromatic heterocycles. The fourth-order valence-electron chi connectivity index (χ4n) is 3.47. The molecule has 0 fully saturated rings. The molecule has 126 valence electrons. The number of fused-ring (bicyclic) bond motifs is 2. The first-order valence-electron chi connectivity index (χ1n) is 8.57. The zero-order chi connectivity index (χ0) is 17.7. The molecule has 0 saturated heterocycles. The standard InChI is InChI=1S/C21H17N5/c1-13-7-10-18-19(12-22-20(18)14(13)2)21-23-24-25-26(21)17-9-8-15-5-3-4-6-16(15)11-17/h3-12,22H,1-2H3. The molecule has 0 atom stereocenters. The Balaban J connectivity index is 1.71. The molecule has 0 unspecified atom stereocenters. The number of tetrazole rings is 1. The summed E-state index contributed by atoms with van der Waals surface area (Å²) in [6, 6.07) is 18.8. The molecular weight excluding hydrogens is 322 g/mol. The number of aryl methyl sites for hydroxylation is 2. The second-order valence-corrected chi connectivity index (χ2v) is 6.58. The van der Waals surface area contributed by atoms with E-state index in [4.69, 9.17) is 0 Å². The molecule has 5 nitrogen and oxygen atoms in total. The van der Waals surface area contributed by atoms with Crippen molar-refractivity contribution in [2.45, 2.75) is 13.8 Å². The van der Waals surface area contributed by atoms with Crippen LogP contribution in [-0.4, -0.2) is 25.2 Å². The summed E-state index contributed by atoms with van der Waals surface area (Å²) in [5, 5.41) is 16.0. The van der Waals surface area contributed by atoms with Crippen molar-refractivity contribution in [3.05, 3.63) is 71.9 Å². The zero-order valence-corrected chi connectivity index (χ0v) is 14.6. The third kappa shape index (κ3) is 2.14. The minimum Gasteiger partial charge on any atom is -0.360 e. The maximum absolute atomic E-state index is 4.30. The van der Waals surface area contributed by atoms with Crippen molar-refractivity contribution in [2.24, 2.45) is 0 Å². The van der Waals surface area contributed by atoms with Gasteiger partial charge in [0.05, 0.1) is 5.69 Å². The topological polar surface area (TPSA) is 59.4 Å². The van der Waals surface area contributed by atoms with Crippen molar-refractivity contribution in [1.29, 1.82) is 0 Å². The van der Waals surface area contributed by atoms with Crippen molar-refractivity contribution in [3.8, 4) is 17.1 Å². The summed E-state index contributed by atoms with van der Waals surface area (Å²) in [4.78, 5) is 3.38. The number of rotatable bonds is 2. The van der Waals surface area contributed by atoms with Crippen LogP contribution < -0.4 is 0 Å². The number of hydrogen-bond donors (Lipinski definition) is 1. The predicted molar refractivity (Wildman–Crippen MR) is 103 cm³/mol. The van der Waals surface area contributed by atoms with E-state index < -0.39 is 0 Å². The molecule has 2 heterocycles. The lowest BCUT2D eigenvalue weighted by molar-refractivity contribution is 0.792. The Morgan fingerprint density at radius 2 is 1.77 bits per heavy atom. The summed E-state index contributed by atoms with van der Waals surface area (Å²) in [6.45, 7) is 4.25. The molecule has 0 radical (unpaired) electrons. The Kier molecular flexibility index (Phi) is 3.15. The minimum absolute atomic E-state index is 0.731. The Morgan fingerprint density at radius 1 is 0.923 bits per heavy atom. The molecule has 0 aliphatic rings. The molecule has 0 spiro atoms. The van der Waals surface area contributed by atoms with Crippen LogP contribution in [0.3, 0.4) is 0 Å². The van der Waals surface area contributed by atoms with E-state index in [1.807, 2.05) is 24.4 Å². The lowest BCUT2D eigenvalue weighted by Gasteiger charge is -2.06. The monoisotopic (exact) mass is 339 g/mol. The maximum Gasteiger partial charge on any atom is 0.189 e. The summed E-state index contributed by atoms with van der Waals surface area (Å²) < 4.78 is 1.80. The van der Waals surface area contributed by atoms with Crippen LogP contribution >= 0.6 is 0 Å². The van der Waals surface area contributed by atoms with Gasteiger partial charge in [0.2, 0.25) is 0 Å². The molecule has 0 aliphatic carbocycles. The SMILES string of the molecule is Cc1ccc2c(-c3nnnn3-c3ccc4ccccc4c3)c[nH]c2c1C. The van der Waals surface area contributed by atoms with Crippen LogP contribution in [0.2, 0.25) is 0 Å². The summed E-state index contributed by atoms with van der Waals surface area (Å²) in [5.74, 6) is 0.731. The van der Waals surface area contributed by atoms with Gasteiger partial charge in [-0.1, -0.05) is 42.5 Å². The van der Waals surface area contributed by atoms with Crippen LogP contribution in [0.4, 0.5) is 0 Å². The average Bonchev–Trinajstić information content (AvgIpc) is 3.31. The molecule has 0 amide bonds. The fraction of sp³-hybridized carbons (Fsp3) is 0.0952. The van der Waals surface area contributed by atoms with Gasteiger partial charge in [0.25, 0.3) is 0 Å². The van der Waals surface area contributed by atoms with Crippen LogP contribution in [0.1, 0.15) is 11.1 Å². The first-order chi connectivity index (χ1) is 12.7. The lowest BCUT2D eigenvalue weighted by atomic mass is 10.0. The van der Waals surface area contributed by atoms with Gasteiger partial charge in [-0.2, -0.15) is 4.68 Å². The zero-order valence-electron chi connectivity index (χ0n) is 14.6. The number of aromatic amines is 1. The van der Waals surface area contributed by atoms with Crippen LogP contribution in [0.25, 0.3) is 38.8 Å². The van der Waals surface area contributed by atoms with Crippen molar-refractivity contribution in [2.75, 3.05) is 0 Å². The minimum atomic E-state index is 0.731. The molecule has 0 saturated carbocycles. The van der Waals surface area contributed by atoms with E-state index in [1.165, 1.54) is 16.5 Å². The van der Waals surface area contributed by atoms with E-state index in [0.29, 0.717) is 0 Å². The van der Waals surface area contributed by atoms with Crippen molar-refractivity contribution in [3.63, 3.8) is 0 Å². The third-order valence-electron chi connectivity index (χ3n) is 5.07. The number of nitrogens with zero attached hydrogens (tertiary/aromatic N) is 4. The highest BCUT2D eigenvalue weighted by Crippen LogP contribution is 2.31. The van der Waals surface area contributed by atoms with Crippen LogP contribution in [0.5, 0.6) is 0 Å². The van der Waals surface area contributed by atoms with Crippen molar-refractivity contribution >= 4 is 21.7 Å². The number of H-pyrrole nitrogens is 1.